The molecule has 0 saturated carbocycles. The molecule has 2 saturated heterocycles. The molecule has 0 aliphatic carbocycles. The molecule has 3 heterocycles. The van der Waals surface area contributed by atoms with Gasteiger partial charge in [0.15, 0.2) is 0 Å². The van der Waals surface area contributed by atoms with Crippen molar-refractivity contribution in [2.75, 3.05) is 44.6 Å². The number of halogens is 4. The second-order valence-electron chi connectivity index (χ2n) is 12.9. The highest BCUT2D eigenvalue weighted by Crippen LogP contribution is 2.57. The Morgan fingerprint density at radius 3 is 2.44 bits per heavy atom. The molecule has 0 bridgehead atoms. The number of amides is 3. The van der Waals surface area contributed by atoms with Crippen molar-refractivity contribution in [3.8, 4) is 0 Å². The Kier molecular flexibility index (Phi) is 8.79. The van der Waals surface area contributed by atoms with Crippen LogP contribution >= 0.6 is 23.2 Å². The topological polar surface area (TPSA) is 93.8 Å². The molecule has 0 aromatic heterocycles. The summed E-state index contributed by atoms with van der Waals surface area (Å²) in [5.41, 5.74) is -1.11. The number of fused-ring (bicyclic) bond motifs is 2. The van der Waals surface area contributed by atoms with Gasteiger partial charge in [-0.3, -0.25) is 19.3 Å². The lowest BCUT2D eigenvalue weighted by Gasteiger charge is -2.37. The van der Waals surface area contributed by atoms with Gasteiger partial charge in [0, 0.05) is 63.8 Å². The average molecular weight is 637 g/mol. The minimum Gasteiger partial charge on any atom is -0.353 e. The third-order valence-electron chi connectivity index (χ3n) is 8.84. The zero-order valence-corrected chi connectivity index (χ0v) is 26.2. The summed E-state index contributed by atoms with van der Waals surface area (Å²) in [6.45, 7) is 11.1. The van der Waals surface area contributed by atoms with Gasteiger partial charge in [0.2, 0.25) is 17.7 Å². The fourth-order valence-corrected chi connectivity index (χ4v) is 7.24. The lowest BCUT2D eigenvalue weighted by atomic mass is 9.62. The fraction of sp³-hybridized carbons (Fsp3) is 0.516. The standard InChI is InChI=1S/C31H37Cl2F2N5O3/c1-17(41)40-12-10-39(11-13-40)9-8-36-28(42)27-25(18-6-5-7-20(32)26(18)35)31(24(38-27)16-30(2,3)4)19-14-22(34)21(33)15-23(19)37-29(31)43/h5-7,14-15,24-25,27,38H,8-13,16H2,1-4H3,(H,36,42)(H,37,43)/t24-,25+,27-,31+/m1/s1. The van der Waals surface area contributed by atoms with Crippen LogP contribution in [0.1, 0.15) is 51.2 Å². The molecule has 1 spiro atoms. The third-order valence-corrected chi connectivity index (χ3v) is 9.43. The summed E-state index contributed by atoms with van der Waals surface area (Å²) in [5.74, 6) is -3.33. The van der Waals surface area contributed by atoms with Crippen LogP contribution in [0.15, 0.2) is 30.3 Å². The molecule has 2 fully saturated rings. The Bertz CT molecular complexity index is 1440. The highest BCUT2D eigenvalue weighted by Gasteiger charge is 2.66. The lowest BCUT2D eigenvalue weighted by molar-refractivity contribution is -0.130. The molecule has 3 amide bonds. The molecule has 3 aliphatic rings. The largest absolute Gasteiger partial charge is 0.353 e. The predicted octanol–water partition coefficient (Wildman–Crippen LogP) is 4.30. The van der Waals surface area contributed by atoms with Gasteiger partial charge in [0.1, 0.15) is 17.0 Å². The second kappa shape index (κ2) is 12.0. The summed E-state index contributed by atoms with van der Waals surface area (Å²) in [5, 5.41) is 8.93. The molecule has 3 aliphatic heterocycles. The highest BCUT2D eigenvalue weighted by atomic mass is 35.5. The number of nitrogens with zero attached hydrogens (tertiary/aromatic N) is 2. The SMILES string of the molecule is CC(=O)N1CCN(CCNC(=O)[C@@H]2N[C@H](CC(C)(C)C)[C@]3(C(=O)Nc4cc(Cl)c(F)cc43)[C@H]2c2cccc(Cl)c2F)CC1. The molecule has 8 nitrogen and oxygen atoms in total. The number of piperazine rings is 1. The van der Waals surface area contributed by atoms with Crippen LogP contribution in [-0.2, 0) is 19.8 Å². The van der Waals surface area contributed by atoms with Crippen molar-refractivity contribution >= 4 is 46.6 Å². The van der Waals surface area contributed by atoms with Crippen molar-refractivity contribution in [2.45, 2.75) is 57.5 Å². The van der Waals surface area contributed by atoms with Crippen LogP contribution in [0.4, 0.5) is 14.5 Å². The maximum atomic E-state index is 15.9. The molecule has 43 heavy (non-hydrogen) atoms. The second-order valence-corrected chi connectivity index (χ2v) is 13.7. The minimum absolute atomic E-state index is 0.0398. The van der Waals surface area contributed by atoms with E-state index in [1.165, 1.54) is 24.3 Å². The number of benzene rings is 2. The van der Waals surface area contributed by atoms with Gasteiger partial charge in [-0.05, 0) is 41.2 Å². The Hall–Kier alpha value is -2.79. The Balaban J connectivity index is 1.52. The zero-order chi connectivity index (χ0) is 31.3. The monoisotopic (exact) mass is 635 g/mol. The number of rotatable bonds is 6. The van der Waals surface area contributed by atoms with Gasteiger partial charge >= 0.3 is 0 Å². The fourth-order valence-electron chi connectivity index (χ4n) is 6.90. The van der Waals surface area contributed by atoms with E-state index in [0.717, 1.165) is 0 Å². The molecule has 2 aromatic rings. The van der Waals surface area contributed by atoms with E-state index in [0.29, 0.717) is 56.9 Å². The number of carbonyl (C=O) groups is 3. The Morgan fingerprint density at radius 1 is 1.09 bits per heavy atom. The summed E-state index contributed by atoms with van der Waals surface area (Å²) in [6.07, 6.45) is 0.424. The van der Waals surface area contributed by atoms with E-state index in [4.69, 9.17) is 23.2 Å². The maximum absolute atomic E-state index is 15.9. The summed E-state index contributed by atoms with van der Waals surface area (Å²) in [7, 11) is 0. The van der Waals surface area contributed by atoms with E-state index in [9.17, 15) is 14.4 Å². The van der Waals surface area contributed by atoms with Crippen LogP contribution in [0.2, 0.25) is 10.0 Å². The van der Waals surface area contributed by atoms with Crippen molar-refractivity contribution in [1.82, 2.24) is 20.4 Å². The van der Waals surface area contributed by atoms with Gasteiger partial charge in [-0.15, -0.1) is 0 Å². The van der Waals surface area contributed by atoms with E-state index in [1.807, 2.05) is 20.8 Å². The first-order valence-corrected chi connectivity index (χ1v) is 15.3. The van der Waals surface area contributed by atoms with Gasteiger partial charge in [-0.2, -0.15) is 0 Å². The number of hydrogen-bond donors (Lipinski definition) is 3. The van der Waals surface area contributed by atoms with Crippen molar-refractivity contribution in [2.24, 2.45) is 5.41 Å². The normalized spacial score (nSPS) is 25.6. The molecule has 12 heteroatoms. The third kappa shape index (κ3) is 5.87. The molecule has 2 aromatic carbocycles. The van der Waals surface area contributed by atoms with Gasteiger partial charge < -0.3 is 20.9 Å². The van der Waals surface area contributed by atoms with Crippen LogP contribution in [0.3, 0.4) is 0 Å². The molecule has 3 N–H and O–H groups in total. The van der Waals surface area contributed by atoms with Gasteiger partial charge in [-0.1, -0.05) is 56.1 Å². The number of nitrogens with one attached hydrogen (secondary N) is 3. The van der Waals surface area contributed by atoms with Gasteiger partial charge in [0.25, 0.3) is 0 Å². The first-order chi connectivity index (χ1) is 20.2. The molecule has 5 rings (SSSR count). The van der Waals surface area contributed by atoms with E-state index >= 15 is 8.78 Å². The lowest BCUT2D eigenvalue weighted by Crippen LogP contribution is -2.51. The number of hydrogen-bond acceptors (Lipinski definition) is 5. The molecule has 232 valence electrons. The van der Waals surface area contributed by atoms with Gasteiger partial charge in [-0.25, -0.2) is 8.78 Å². The van der Waals surface area contributed by atoms with Crippen molar-refractivity contribution in [3.63, 3.8) is 0 Å². The van der Waals surface area contributed by atoms with Crippen LogP contribution in [0.5, 0.6) is 0 Å². The average Bonchev–Trinajstić information content (AvgIpc) is 3.40. The molecule has 4 atom stereocenters. The summed E-state index contributed by atoms with van der Waals surface area (Å²) in [4.78, 5) is 43.8. The minimum atomic E-state index is -1.54. The number of carbonyl (C=O) groups excluding carboxylic acids is 3. The van der Waals surface area contributed by atoms with Crippen molar-refractivity contribution in [3.05, 3.63) is 63.1 Å². The van der Waals surface area contributed by atoms with Crippen LogP contribution in [-0.4, -0.2) is 78.9 Å². The van der Waals surface area contributed by atoms with E-state index in [2.05, 4.69) is 20.9 Å². The zero-order valence-electron chi connectivity index (χ0n) is 24.7. The van der Waals surface area contributed by atoms with E-state index in [1.54, 1.807) is 17.9 Å². The van der Waals surface area contributed by atoms with Crippen molar-refractivity contribution < 1.29 is 23.2 Å². The first kappa shape index (κ1) is 31.6. The van der Waals surface area contributed by atoms with Crippen LogP contribution < -0.4 is 16.0 Å². The summed E-state index contributed by atoms with van der Waals surface area (Å²) >= 11 is 12.3. The van der Waals surface area contributed by atoms with Gasteiger partial charge in [0.05, 0.1) is 16.1 Å². The first-order valence-electron chi connectivity index (χ1n) is 14.5. The maximum Gasteiger partial charge on any atom is 0.237 e. The van der Waals surface area contributed by atoms with E-state index in [-0.39, 0.29) is 26.9 Å². The molecular formula is C31H37Cl2F2N5O3. The highest BCUT2D eigenvalue weighted by molar-refractivity contribution is 6.31. The Morgan fingerprint density at radius 2 is 1.79 bits per heavy atom. The van der Waals surface area contributed by atoms with E-state index < -0.39 is 46.9 Å². The smallest absolute Gasteiger partial charge is 0.237 e. The number of anilines is 1. The molecule has 0 radical (unpaired) electrons. The van der Waals surface area contributed by atoms with Crippen LogP contribution in [0.25, 0.3) is 0 Å². The summed E-state index contributed by atoms with van der Waals surface area (Å²) < 4.78 is 30.9. The molecule has 0 unspecified atom stereocenters. The molecular weight excluding hydrogens is 599 g/mol. The Labute approximate surface area is 260 Å². The predicted molar refractivity (Wildman–Crippen MR) is 162 cm³/mol. The quantitative estimate of drug-likeness (QED) is 0.440. The van der Waals surface area contributed by atoms with Crippen molar-refractivity contribution in [1.29, 1.82) is 0 Å². The van der Waals surface area contributed by atoms with Crippen LogP contribution in [0, 0.1) is 17.0 Å². The summed E-state index contributed by atoms with van der Waals surface area (Å²) in [6, 6.07) is 5.41.